The Hall–Kier alpha value is -3.02. The molecule has 29 heavy (non-hydrogen) atoms. The van der Waals surface area contributed by atoms with Crippen LogP contribution in [0.3, 0.4) is 0 Å². The number of nitrogens with two attached hydrogens (primary N) is 1. The fourth-order valence-corrected chi connectivity index (χ4v) is 4.23. The highest BCUT2D eigenvalue weighted by Crippen LogP contribution is 2.35. The van der Waals surface area contributed by atoms with Crippen molar-refractivity contribution in [2.24, 2.45) is 5.73 Å². The van der Waals surface area contributed by atoms with Gasteiger partial charge in [-0.2, -0.15) is 0 Å². The Labute approximate surface area is 173 Å². The lowest BCUT2D eigenvalue weighted by atomic mass is 9.99. The van der Waals surface area contributed by atoms with Crippen LogP contribution >= 0.6 is 11.6 Å². The van der Waals surface area contributed by atoms with Gasteiger partial charge in [-0.25, -0.2) is 0 Å². The number of primary amides is 1. The van der Waals surface area contributed by atoms with E-state index >= 15 is 0 Å². The van der Waals surface area contributed by atoms with Gasteiger partial charge >= 0.3 is 0 Å². The summed E-state index contributed by atoms with van der Waals surface area (Å²) in [5.41, 5.74) is 10.9. The molecular weight excluding hydrogens is 386 g/mol. The van der Waals surface area contributed by atoms with Crippen molar-refractivity contribution in [3.05, 3.63) is 65.2 Å². The van der Waals surface area contributed by atoms with Gasteiger partial charge < -0.3 is 20.4 Å². The number of anilines is 1. The first-order valence-corrected chi connectivity index (χ1v) is 9.96. The lowest BCUT2D eigenvalue weighted by Crippen LogP contribution is -2.36. The summed E-state index contributed by atoms with van der Waals surface area (Å²) in [5.74, 6) is -0.459. The predicted octanol–water partition coefficient (Wildman–Crippen LogP) is 4.58. The number of amides is 1. The van der Waals surface area contributed by atoms with Crippen molar-refractivity contribution in [1.82, 2.24) is 4.98 Å². The number of benzene rings is 3. The molecule has 5 rings (SSSR count). The van der Waals surface area contributed by atoms with Gasteiger partial charge in [-0.3, -0.25) is 4.79 Å². The van der Waals surface area contributed by atoms with Gasteiger partial charge in [0.15, 0.2) is 0 Å². The number of aromatic amines is 1. The monoisotopic (exact) mass is 405 g/mol. The molecule has 1 aliphatic heterocycles. The number of rotatable bonds is 3. The Morgan fingerprint density at radius 3 is 2.59 bits per heavy atom. The molecule has 0 unspecified atom stereocenters. The van der Waals surface area contributed by atoms with Crippen LogP contribution < -0.4 is 10.6 Å². The Morgan fingerprint density at radius 1 is 1.00 bits per heavy atom. The largest absolute Gasteiger partial charge is 0.378 e. The van der Waals surface area contributed by atoms with E-state index < -0.39 is 5.91 Å². The van der Waals surface area contributed by atoms with Crippen molar-refractivity contribution in [1.29, 1.82) is 0 Å². The highest BCUT2D eigenvalue weighted by molar-refractivity contribution is 6.30. The maximum Gasteiger partial charge on any atom is 0.250 e. The molecule has 6 heteroatoms. The number of ether oxygens (including phenoxy) is 1. The molecular formula is C23H20ClN3O2. The van der Waals surface area contributed by atoms with Crippen LogP contribution in [0.25, 0.3) is 32.9 Å². The first-order chi connectivity index (χ1) is 14.1. The van der Waals surface area contributed by atoms with Crippen LogP contribution in [0.5, 0.6) is 0 Å². The molecule has 0 aliphatic carbocycles. The van der Waals surface area contributed by atoms with Crippen molar-refractivity contribution < 1.29 is 9.53 Å². The Bertz CT molecular complexity index is 1240. The molecule has 3 N–H and O–H groups in total. The number of halogens is 1. The minimum atomic E-state index is -0.459. The third-order valence-corrected chi connectivity index (χ3v) is 5.73. The van der Waals surface area contributed by atoms with Crippen molar-refractivity contribution in [3.8, 4) is 11.1 Å². The summed E-state index contributed by atoms with van der Waals surface area (Å²) in [4.78, 5) is 17.9. The number of carbonyl (C=O) groups excluding carboxylic acids is 1. The SMILES string of the molecule is NC(=O)c1cc(-c2cccc(Cl)c2)cc2c1[nH]c1cc(N3CCOCC3)ccc12. The number of aromatic nitrogens is 1. The quantitative estimate of drug-likeness (QED) is 0.524. The van der Waals surface area contributed by atoms with Gasteiger partial charge in [-0.15, -0.1) is 0 Å². The van der Waals surface area contributed by atoms with E-state index in [9.17, 15) is 4.79 Å². The molecule has 146 valence electrons. The van der Waals surface area contributed by atoms with Gasteiger partial charge in [-0.1, -0.05) is 29.8 Å². The van der Waals surface area contributed by atoms with Gasteiger partial charge in [0.25, 0.3) is 5.91 Å². The normalized spacial score (nSPS) is 14.6. The van der Waals surface area contributed by atoms with E-state index in [4.69, 9.17) is 22.1 Å². The highest BCUT2D eigenvalue weighted by atomic mass is 35.5. The van der Waals surface area contributed by atoms with Crippen LogP contribution in [0.1, 0.15) is 10.4 Å². The summed E-state index contributed by atoms with van der Waals surface area (Å²) in [6.45, 7) is 3.22. The molecule has 2 heterocycles. The van der Waals surface area contributed by atoms with Crippen LogP contribution in [0.15, 0.2) is 54.6 Å². The van der Waals surface area contributed by atoms with Crippen molar-refractivity contribution in [2.75, 3.05) is 31.2 Å². The lowest BCUT2D eigenvalue weighted by molar-refractivity contribution is 0.100. The minimum Gasteiger partial charge on any atom is -0.378 e. The molecule has 1 amide bonds. The lowest BCUT2D eigenvalue weighted by Gasteiger charge is -2.28. The first kappa shape index (κ1) is 18.0. The number of hydrogen-bond donors (Lipinski definition) is 2. The molecule has 1 saturated heterocycles. The van der Waals surface area contributed by atoms with Crippen LogP contribution in [-0.4, -0.2) is 37.2 Å². The topological polar surface area (TPSA) is 71.4 Å². The molecule has 0 bridgehead atoms. The van der Waals surface area contributed by atoms with Gasteiger partial charge in [0.05, 0.1) is 24.3 Å². The van der Waals surface area contributed by atoms with Crippen molar-refractivity contribution in [3.63, 3.8) is 0 Å². The third-order valence-electron chi connectivity index (χ3n) is 5.49. The van der Waals surface area contributed by atoms with E-state index in [0.29, 0.717) is 10.6 Å². The molecule has 5 nitrogen and oxygen atoms in total. The average molecular weight is 406 g/mol. The smallest absolute Gasteiger partial charge is 0.250 e. The van der Waals surface area contributed by atoms with Gasteiger partial charge in [0, 0.05) is 40.1 Å². The molecule has 0 spiro atoms. The number of carbonyl (C=O) groups is 1. The summed E-state index contributed by atoms with van der Waals surface area (Å²) >= 11 is 6.17. The van der Waals surface area contributed by atoms with E-state index in [1.807, 2.05) is 30.3 Å². The average Bonchev–Trinajstić information content (AvgIpc) is 3.11. The number of nitrogens with zero attached hydrogens (tertiary/aromatic N) is 1. The molecule has 0 saturated carbocycles. The molecule has 1 aromatic heterocycles. The van der Waals surface area contributed by atoms with Crippen LogP contribution in [0, 0.1) is 0 Å². The Morgan fingerprint density at radius 2 is 1.83 bits per heavy atom. The summed E-state index contributed by atoms with van der Waals surface area (Å²) in [7, 11) is 0. The fourth-order valence-electron chi connectivity index (χ4n) is 4.04. The second kappa shape index (κ2) is 7.10. The van der Waals surface area contributed by atoms with Crippen LogP contribution in [-0.2, 0) is 4.74 Å². The number of nitrogens with one attached hydrogen (secondary N) is 1. The number of hydrogen-bond acceptors (Lipinski definition) is 3. The molecule has 0 radical (unpaired) electrons. The molecule has 0 atom stereocenters. The highest BCUT2D eigenvalue weighted by Gasteiger charge is 2.17. The van der Waals surface area contributed by atoms with Gasteiger partial charge in [0.1, 0.15) is 0 Å². The Kier molecular flexibility index (Phi) is 4.42. The van der Waals surface area contributed by atoms with Gasteiger partial charge in [0.2, 0.25) is 0 Å². The van der Waals surface area contributed by atoms with Crippen LogP contribution in [0.2, 0.25) is 5.02 Å². The molecule has 3 aromatic carbocycles. The molecule has 4 aromatic rings. The van der Waals surface area contributed by atoms with E-state index in [1.165, 1.54) is 0 Å². The zero-order valence-corrected chi connectivity index (χ0v) is 16.5. The summed E-state index contributed by atoms with van der Waals surface area (Å²) in [6.07, 6.45) is 0. The van der Waals surface area contributed by atoms with E-state index in [0.717, 1.165) is 64.9 Å². The number of morpholine rings is 1. The van der Waals surface area contributed by atoms with Crippen molar-refractivity contribution >= 4 is 45.0 Å². The second-order valence-corrected chi connectivity index (χ2v) is 7.71. The summed E-state index contributed by atoms with van der Waals surface area (Å²) < 4.78 is 5.45. The molecule has 1 aliphatic rings. The zero-order chi connectivity index (χ0) is 20.0. The number of fused-ring (bicyclic) bond motifs is 3. The van der Waals surface area contributed by atoms with E-state index in [-0.39, 0.29) is 0 Å². The maximum atomic E-state index is 12.2. The minimum absolute atomic E-state index is 0.459. The second-order valence-electron chi connectivity index (χ2n) is 7.28. The van der Waals surface area contributed by atoms with Crippen LogP contribution in [0.4, 0.5) is 5.69 Å². The van der Waals surface area contributed by atoms with E-state index in [1.54, 1.807) is 0 Å². The zero-order valence-electron chi connectivity index (χ0n) is 15.7. The molecule has 1 fully saturated rings. The Balaban J connectivity index is 1.71. The standard InChI is InChI=1S/C23H20ClN3O2/c24-16-3-1-2-14(10-16)15-11-19-18-5-4-17(27-6-8-29-9-7-27)13-21(18)26-22(19)20(12-15)23(25)28/h1-5,10-13,26H,6-9H2,(H2,25,28). The fraction of sp³-hybridized carbons (Fsp3) is 0.174. The predicted molar refractivity (Wildman–Crippen MR) is 118 cm³/mol. The number of H-pyrrole nitrogens is 1. The third kappa shape index (κ3) is 3.22. The van der Waals surface area contributed by atoms with Crippen molar-refractivity contribution in [2.45, 2.75) is 0 Å². The maximum absolute atomic E-state index is 12.2. The summed E-state index contributed by atoms with van der Waals surface area (Å²) in [5, 5.41) is 2.68. The van der Waals surface area contributed by atoms with E-state index in [2.05, 4.69) is 34.1 Å². The summed E-state index contributed by atoms with van der Waals surface area (Å²) in [6, 6.07) is 17.9. The first-order valence-electron chi connectivity index (χ1n) is 9.58. The van der Waals surface area contributed by atoms with Gasteiger partial charge in [-0.05, 0) is 47.5 Å².